The van der Waals surface area contributed by atoms with Gasteiger partial charge in [-0.05, 0) is 29.8 Å². The lowest BCUT2D eigenvalue weighted by molar-refractivity contribution is 0.536. The molecule has 0 unspecified atom stereocenters. The van der Waals surface area contributed by atoms with Gasteiger partial charge in [-0.3, -0.25) is 0 Å². The van der Waals surface area contributed by atoms with Gasteiger partial charge in [0.15, 0.2) is 0 Å². The van der Waals surface area contributed by atoms with Crippen LogP contribution in [0.5, 0.6) is 0 Å². The van der Waals surface area contributed by atoms with Crippen molar-refractivity contribution in [2.24, 2.45) is 0 Å². The molecule has 3 nitrogen and oxygen atoms in total. The summed E-state index contributed by atoms with van der Waals surface area (Å²) in [4.78, 5) is 13.2. The first kappa shape index (κ1) is 19.2. The van der Waals surface area contributed by atoms with Crippen molar-refractivity contribution >= 4 is 33.7 Å². The SMILES string of the molecule is O=c1oc(-c2ccccc2)c(-c2ccccc2)c2cc(Cl)cc(Nc3ccccc3)c12. The van der Waals surface area contributed by atoms with Gasteiger partial charge >= 0.3 is 5.63 Å². The van der Waals surface area contributed by atoms with E-state index in [-0.39, 0.29) is 0 Å². The molecular formula is C27H18ClNO2. The Balaban J connectivity index is 1.86. The minimum atomic E-state index is -0.413. The molecule has 4 aromatic carbocycles. The molecule has 0 atom stereocenters. The predicted molar refractivity (Wildman–Crippen MR) is 128 cm³/mol. The number of rotatable bonds is 4. The minimum absolute atomic E-state index is 0.413. The largest absolute Gasteiger partial charge is 0.422 e. The summed E-state index contributed by atoms with van der Waals surface area (Å²) in [6, 6.07) is 32.8. The number of anilines is 2. The molecule has 0 saturated carbocycles. The van der Waals surface area contributed by atoms with Crippen molar-refractivity contribution in [1.29, 1.82) is 0 Å². The summed E-state index contributed by atoms with van der Waals surface area (Å²) in [5.74, 6) is 0.525. The van der Waals surface area contributed by atoms with Crippen LogP contribution in [0.4, 0.5) is 11.4 Å². The normalized spacial score (nSPS) is 10.9. The van der Waals surface area contributed by atoms with E-state index in [0.29, 0.717) is 21.9 Å². The van der Waals surface area contributed by atoms with E-state index >= 15 is 0 Å². The van der Waals surface area contributed by atoms with Crippen molar-refractivity contribution in [2.45, 2.75) is 0 Å². The van der Waals surface area contributed by atoms with Crippen LogP contribution in [-0.4, -0.2) is 0 Å². The molecule has 0 aliphatic heterocycles. The Bertz CT molecular complexity index is 1410. The van der Waals surface area contributed by atoms with Gasteiger partial charge < -0.3 is 9.73 Å². The van der Waals surface area contributed by atoms with Crippen LogP contribution in [0.25, 0.3) is 33.2 Å². The molecule has 1 N–H and O–H groups in total. The number of halogens is 1. The van der Waals surface area contributed by atoms with E-state index in [4.69, 9.17) is 16.0 Å². The van der Waals surface area contributed by atoms with E-state index in [9.17, 15) is 4.79 Å². The molecule has 0 aliphatic carbocycles. The molecule has 4 heteroatoms. The Kier molecular flexibility index (Phi) is 5.03. The highest BCUT2D eigenvalue weighted by atomic mass is 35.5. The van der Waals surface area contributed by atoms with Crippen LogP contribution < -0.4 is 10.9 Å². The predicted octanol–water partition coefficient (Wildman–Crippen LogP) is 7.52. The number of hydrogen-bond acceptors (Lipinski definition) is 3. The molecule has 0 aliphatic rings. The molecule has 5 rings (SSSR count). The zero-order valence-corrected chi connectivity index (χ0v) is 17.3. The molecule has 0 saturated heterocycles. The lowest BCUT2D eigenvalue weighted by Gasteiger charge is -2.16. The van der Waals surface area contributed by atoms with Gasteiger partial charge in [-0.15, -0.1) is 0 Å². The van der Waals surface area contributed by atoms with Gasteiger partial charge in [-0.2, -0.15) is 0 Å². The van der Waals surface area contributed by atoms with Crippen molar-refractivity contribution < 1.29 is 4.42 Å². The molecule has 0 bridgehead atoms. The molecule has 1 heterocycles. The lowest BCUT2D eigenvalue weighted by Crippen LogP contribution is -2.06. The van der Waals surface area contributed by atoms with Crippen molar-refractivity contribution in [1.82, 2.24) is 0 Å². The fourth-order valence-electron chi connectivity index (χ4n) is 3.80. The Morgan fingerprint density at radius 1 is 0.710 bits per heavy atom. The zero-order chi connectivity index (χ0) is 21.2. The maximum Gasteiger partial charge on any atom is 0.346 e. The second-order valence-electron chi connectivity index (χ2n) is 7.19. The summed E-state index contributed by atoms with van der Waals surface area (Å²) < 4.78 is 5.94. The van der Waals surface area contributed by atoms with E-state index in [2.05, 4.69) is 5.32 Å². The van der Waals surface area contributed by atoms with Gasteiger partial charge in [0.1, 0.15) is 5.76 Å². The molecule has 0 spiro atoms. The lowest BCUT2D eigenvalue weighted by atomic mass is 9.95. The van der Waals surface area contributed by atoms with E-state index in [1.807, 2.05) is 97.1 Å². The fraction of sp³-hybridized carbons (Fsp3) is 0. The molecule has 31 heavy (non-hydrogen) atoms. The quantitative estimate of drug-likeness (QED) is 0.325. The van der Waals surface area contributed by atoms with E-state index in [1.165, 1.54) is 0 Å². The van der Waals surface area contributed by atoms with Crippen molar-refractivity contribution in [3.8, 4) is 22.5 Å². The maximum atomic E-state index is 13.2. The topological polar surface area (TPSA) is 42.2 Å². The highest BCUT2D eigenvalue weighted by Crippen LogP contribution is 2.40. The fourth-order valence-corrected chi connectivity index (χ4v) is 4.02. The number of benzene rings is 4. The van der Waals surface area contributed by atoms with Crippen LogP contribution in [0.2, 0.25) is 5.02 Å². The molecule has 1 aromatic heterocycles. The first-order valence-corrected chi connectivity index (χ1v) is 10.3. The van der Waals surface area contributed by atoms with Crippen LogP contribution in [-0.2, 0) is 0 Å². The first-order chi connectivity index (χ1) is 15.2. The molecular weight excluding hydrogens is 406 g/mol. The average Bonchev–Trinajstić information content (AvgIpc) is 2.80. The Morgan fingerprint density at radius 2 is 1.29 bits per heavy atom. The number of fused-ring (bicyclic) bond motifs is 1. The van der Waals surface area contributed by atoms with Crippen LogP contribution in [0, 0.1) is 0 Å². The van der Waals surface area contributed by atoms with Crippen LogP contribution in [0.3, 0.4) is 0 Å². The minimum Gasteiger partial charge on any atom is -0.422 e. The van der Waals surface area contributed by atoms with E-state index < -0.39 is 5.63 Å². The third-order valence-corrected chi connectivity index (χ3v) is 5.37. The highest BCUT2D eigenvalue weighted by Gasteiger charge is 2.20. The zero-order valence-electron chi connectivity index (χ0n) is 16.5. The van der Waals surface area contributed by atoms with Crippen molar-refractivity contribution in [3.63, 3.8) is 0 Å². The molecule has 0 amide bonds. The second-order valence-corrected chi connectivity index (χ2v) is 7.63. The van der Waals surface area contributed by atoms with E-state index in [0.717, 1.165) is 27.8 Å². The van der Waals surface area contributed by atoms with Crippen LogP contribution in [0.1, 0.15) is 0 Å². The Hall–Kier alpha value is -3.82. The second kappa shape index (κ2) is 8.13. The molecule has 0 radical (unpaired) electrons. The summed E-state index contributed by atoms with van der Waals surface area (Å²) >= 11 is 6.53. The summed E-state index contributed by atoms with van der Waals surface area (Å²) in [6.07, 6.45) is 0. The van der Waals surface area contributed by atoms with Gasteiger partial charge in [0.05, 0.1) is 11.1 Å². The van der Waals surface area contributed by atoms with Gasteiger partial charge in [0.2, 0.25) is 0 Å². The summed E-state index contributed by atoms with van der Waals surface area (Å²) in [7, 11) is 0. The Morgan fingerprint density at radius 3 is 1.94 bits per heavy atom. The number of nitrogens with one attached hydrogen (secondary N) is 1. The molecule has 0 fully saturated rings. The average molecular weight is 424 g/mol. The highest BCUT2D eigenvalue weighted by molar-refractivity contribution is 6.32. The summed E-state index contributed by atoms with van der Waals surface area (Å²) in [5.41, 5.74) is 3.67. The van der Waals surface area contributed by atoms with Crippen LogP contribution >= 0.6 is 11.6 Å². The first-order valence-electron chi connectivity index (χ1n) is 9.94. The van der Waals surface area contributed by atoms with E-state index in [1.54, 1.807) is 6.07 Å². The third kappa shape index (κ3) is 3.72. The molecule has 5 aromatic rings. The standard InChI is InChI=1S/C27H18ClNO2/c28-20-16-22-24(18-10-4-1-5-11-18)26(19-12-6-2-7-13-19)31-27(30)25(22)23(17-20)29-21-14-8-3-9-15-21/h1-17,29H. The van der Waals surface area contributed by atoms with Crippen molar-refractivity contribution in [2.75, 3.05) is 5.32 Å². The van der Waals surface area contributed by atoms with Gasteiger partial charge in [0, 0.05) is 27.2 Å². The summed E-state index contributed by atoms with van der Waals surface area (Å²) in [6.45, 7) is 0. The monoisotopic (exact) mass is 423 g/mol. The number of para-hydroxylation sites is 1. The molecule has 150 valence electrons. The number of hydrogen-bond donors (Lipinski definition) is 1. The van der Waals surface area contributed by atoms with Crippen LogP contribution in [0.15, 0.2) is 112 Å². The van der Waals surface area contributed by atoms with Gasteiger partial charge in [-0.1, -0.05) is 90.5 Å². The Labute approximate surface area is 184 Å². The maximum absolute atomic E-state index is 13.2. The van der Waals surface area contributed by atoms with Gasteiger partial charge in [0.25, 0.3) is 0 Å². The van der Waals surface area contributed by atoms with Crippen molar-refractivity contribution in [3.05, 3.63) is 119 Å². The summed E-state index contributed by atoms with van der Waals surface area (Å²) in [5, 5.41) is 5.06. The third-order valence-electron chi connectivity index (χ3n) is 5.15. The van der Waals surface area contributed by atoms with Gasteiger partial charge in [-0.25, -0.2) is 4.79 Å². The smallest absolute Gasteiger partial charge is 0.346 e.